The Labute approximate surface area is 166 Å². The topological polar surface area (TPSA) is 85.1 Å². The Bertz CT molecular complexity index is 1140. The zero-order chi connectivity index (χ0) is 19.5. The highest BCUT2D eigenvalue weighted by atomic mass is 32.2. The molecule has 8 heteroatoms. The van der Waals surface area contributed by atoms with Gasteiger partial charge in [-0.1, -0.05) is 35.5 Å². The van der Waals surface area contributed by atoms with E-state index in [0.29, 0.717) is 10.8 Å². The van der Waals surface area contributed by atoms with Gasteiger partial charge < -0.3 is 0 Å². The minimum atomic E-state index is -0.205. The molecule has 0 fully saturated rings. The van der Waals surface area contributed by atoms with E-state index >= 15 is 0 Å². The van der Waals surface area contributed by atoms with Crippen LogP contribution in [0.3, 0.4) is 0 Å². The van der Waals surface area contributed by atoms with E-state index in [2.05, 4.69) is 57.4 Å². The molecule has 0 bridgehead atoms. The van der Waals surface area contributed by atoms with Gasteiger partial charge in [-0.25, -0.2) is 14.5 Å². The molecular weight excluding hydrogens is 372 g/mol. The molecule has 0 aliphatic carbocycles. The number of fused-ring (bicyclic) bond motifs is 1. The first-order chi connectivity index (χ1) is 13.6. The Balaban J connectivity index is 1.50. The average Bonchev–Trinajstić information content (AvgIpc) is 3.10. The van der Waals surface area contributed by atoms with Gasteiger partial charge in [-0.05, 0) is 43.2 Å². The molecule has 0 saturated heterocycles. The smallest absolute Gasteiger partial charge is 0.249 e. The van der Waals surface area contributed by atoms with Crippen LogP contribution in [-0.2, 0) is 4.79 Å². The third-order valence-electron chi connectivity index (χ3n) is 4.16. The van der Waals surface area contributed by atoms with Crippen molar-refractivity contribution in [3.63, 3.8) is 0 Å². The van der Waals surface area contributed by atoms with Crippen molar-refractivity contribution >= 4 is 29.3 Å². The quantitative estimate of drug-likeness (QED) is 0.414. The highest BCUT2D eigenvalue weighted by molar-refractivity contribution is 7.99. The van der Waals surface area contributed by atoms with Gasteiger partial charge in [0.1, 0.15) is 0 Å². The largest absolute Gasteiger partial charge is 0.292 e. The molecular formula is C20H18N6OS. The number of pyridine rings is 1. The maximum atomic E-state index is 12.2. The fourth-order valence-corrected chi connectivity index (χ4v) is 3.40. The van der Waals surface area contributed by atoms with Crippen molar-refractivity contribution in [1.29, 1.82) is 0 Å². The summed E-state index contributed by atoms with van der Waals surface area (Å²) >= 11 is 1.26. The Morgan fingerprint density at radius 3 is 2.79 bits per heavy atom. The van der Waals surface area contributed by atoms with Crippen LogP contribution in [0.4, 0.5) is 5.95 Å². The van der Waals surface area contributed by atoms with Crippen molar-refractivity contribution in [3.8, 4) is 11.1 Å². The predicted octanol–water partition coefficient (Wildman–Crippen LogP) is 3.53. The number of carbonyl (C=O) groups excluding carboxylic acids is 1. The maximum Gasteiger partial charge on any atom is 0.249 e. The molecule has 0 unspecified atom stereocenters. The number of rotatable bonds is 5. The number of carbonyl (C=O) groups is 1. The first-order valence-corrected chi connectivity index (χ1v) is 9.71. The zero-order valence-electron chi connectivity index (χ0n) is 15.5. The van der Waals surface area contributed by atoms with E-state index < -0.39 is 0 Å². The van der Waals surface area contributed by atoms with Crippen LogP contribution in [0, 0.1) is 13.8 Å². The molecule has 0 aliphatic rings. The molecule has 1 N–H and O–H groups in total. The lowest BCUT2D eigenvalue weighted by molar-refractivity contribution is -0.113. The number of anilines is 1. The summed E-state index contributed by atoms with van der Waals surface area (Å²) in [5.74, 6) is 0.258. The number of benzene rings is 1. The summed E-state index contributed by atoms with van der Waals surface area (Å²) in [6, 6.07) is 12.0. The molecule has 0 atom stereocenters. The first-order valence-electron chi connectivity index (χ1n) is 8.72. The van der Waals surface area contributed by atoms with E-state index in [9.17, 15) is 4.79 Å². The molecule has 140 valence electrons. The Morgan fingerprint density at radius 2 is 1.96 bits per heavy atom. The van der Waals surface area contributed by atoms with Crippen LogP contribution in [-0.4, -0.2) is 36.2 Å². The van der Waals surface area contributed by atoms with Gasteiger partial charge >= 0.3 is 0 Å². The van der Waals surface area contributed by atoms with Crippen LogP contribution >= 0.6 is 11.8 Å². The van der Waals surface area contributed by atoms with E-state index in [1.54, 1.807) is 23.0 Å². The van der Waals surface area contributed by atoms with Gasteiger partial charge in [0.05, 0.1) is 5.75 Å². The maximum absolute atomic E-state index is 12.2. The van der Waals surface area contributed by atoms with Gasteiger partial charge in [0.15, 0.2) is 10.8 Å². The number of aromatic nitrogens is 5. The molecule has 0 radical (unpaired) electrons. The fourth-order valence-electron chi connectivity index (χ4n) is 2.79. The average molecular weight is 390 g/mol. The summed E-state index contributed by atoms with van der Waals surface area (Å²) in [6.07, 6.45) is 5.21. The third-order valence-corrected chi connectivity index (χ3v) is 5.04. The number of nitrogens with one attached hydrogen (secondary N) is 1. The number of thioether (sulfide) groups is 1. The predicted molar refractivity (Wildman–Crippen MR) is 109 cm³/mol. The lowest BCUT2D eigenvalue weighted by Crippen LogP contribution is -2.15. The Morgan fingerprint density at radius 1 is 1.14 bits per heavy atom. The van der Waals surface area contributed by atoms with E-state index in [1.807, 2.05) is 18.3 Å². The van der Waals surface area contributed by atoms with Crippen molar-refractivity contribution in [2.45, 2.75) is 19.0 Å². The number of aryl methyl sites for hydroxylation is 2. The van der Waals surface area contributed by atoms with Crippen LogP contribution in [0.2, 0.25) is 0 Å². The van der Waals surface area contributed by atoms with Gasteiger partial charge in [0, 0.05) is 24.2 Å². The monoisotopic (exact) mass is 390 g/mol. The molecule has 28 heavy (non-hydrogen) atoms. The standard InChI is InChI=1S/C20H18N6OS/c1-13-4-5-14(2)16(10-13)15-6-7-17-23-19(25-26(17)11-15)24-18(27)12-28-20-21-8-3-9-22-20/h3-11H,12H2,1-2H3,(H,24,25,27). The minimum absolute atomic E-state index is 0.188. The molecule has 0 aliphatic heterocycles. The molecule has 4 rings (SSSR count). The summed E-state index contributed by atoms with van der Waals surface area (Å²) in [4.78, 5) is 24.7. The summed E-state index contributed by atoms with van der Waals surface area (Å²) in [5, 5.41) is 7.66. The van der Waals surface area contributed by atoms with E-state index in [4.69, 9.17) is 0 Å². The van der Waals surface area contributed by atoms with Gasteiger partial charge in [0.2, 0.25) is 11.9 Å². The van der Waals surface area contributed by atoms with Crippen LogP contribution < -0.4 is 5.32 Å². The number of nitrogens with zero attached hydrogens (tertiary/aromatic N) is 5. The number of amides is 1. The summed E-state index contributed by atoms with van der Waals surface area (Å²) in [5.41, 5.74) is 5.27. The first kappa shape index (κ1) is 18.1. The third kappa shape index (κ3) is 4.01. The number of hydrogen-bond acceptors (Lipinski definition) is 6. The lowest BCUT2D eigenvalue weighted by Gasteiger charge is -2.07. The summed E-state index contributed by atoms with van der Waals surface area (Å²) in [6.45, 7) is 4.16. The normalized spacial score (nSPS) is 10.9. The fraction of sp³-hybridized carbons (Fsp3) is 0.150. The van der Waals surface area contributed by atoms with Crippen LogP contribution in [0.15, 0.2) is 60.1 Å². The Hall–Kier alpha value is -3.26. The SMILES string of the molecule is Cc1ccc(C)c(-c2ccc3nc(NC(=O)CSc4ncccn4)nn3c2)c1. The zero-order valence-corrected chi connectivity index (χ0v) is 16.3. The van der Waals surface area contributed by atoms with E-state index in [-0.39, 0.29) is 17.6 Å². The van der Waals surface area contributed by atoms with E-state index in [1.165, 1.54) is 22.9 Å². The van der Waals surface area contributed by atoms with Crippen molar-refractivity contribution in [1.82, 2.24) is 24.6 Å². The van der Waals surface area contributed by atoms with E-state index in [0.717, 1.165) is 11.1 Å². The Kier molecular flexibility index (Phi) is 5.03. The van der Waals surface area contributed by atoms with Crippen molar-refractivity contribution in [3.05, 3.63) is 66.1 Å². The van der Waals surface area contributed by atoms with Gasteiger partial charge in [-0.2, -0.15) is 4.98 Å². The van der Waals surface area contributed by atoms with Crippen LogP contribution in [0.5, 0.6) is 0 Å². The highest BCUT2D eigenvalue weighted by Crippen LogP contribution is 2.25. The van der Waals surface area contributed by atoms with Crippen LogP contribution in [0.25, 0.3) is 16.8 Å². The van der Waals surface area contributed by atoms with Crippen molar-refractivity contribution < 1.29 is 4.79 Å². The molecule has 0 spiro atoms. The van der Waals surface area contributed by atoms with Crippen LogP contribution in [0.1, 0.15) is 11.1 Å². The molecule has 1 aromatic carbocycles. The second-order valence-electron chi connectivity index (χ2n) is 6.34. The van der Waals surface area contributed by atoms with Gasteiger partial charge in [0.25, 0.3) is 0 Å². The van der Waals surface area contributed by atoms with Gasteiger partial charge in [-0.3, -0.25) is 10.1 Å². The molecule has 1 amide bonds. The summed E-state index contributed by atoms with van der Waals surface area (Å²) in [7, 11) is 0. The molecule has 3 aromatic heterocycles. The molecule has 4 aromatic rings. The minimum Gasteiger partial charge on any atom is -0.292 e. The lowest BCUT2D eigenvalue weighted by atomic mass is 10.00. The second-order valence-corrected chi connectivity index (χ2v) is 7.29. The highest BCUT2D eigenvalue weighted by Gasteiger charge is 2.11. The molecule has 7 nitrogen and oxygen atoms in total. The summed E-state index contributed by atoms with van der Waals surface area (Å²) < 4.78 is 1.68. The molecule has 0 saturated carbocycles. The van der Waals surface area contributed by atoms with Crippen molar-refractivity contribution in [2.24, 2.45) is 0 Å². The van der Waals surface area contributed by atoms with Crippen molar-refractivity contribution in [2.75, 3.05) is 11.1 Å². The second kappa shape index (κ2) is 7.77. The number of hydrogen-bond donors (Lipinski definition) is 1. The van der Waals surface area contributed by atoms with Gasteiger partial charge in [-0.15, -0.1) is 5.10 Å². The molecule has 3 heterocycles.